The third kappa shape index (κ3) is 1.99. The van der Waals surface area contributed by atoms with Crippen LogP contribution in [0, 0.1) is 24.4 Å². The van der Waals surface area contributed by atoms with E-state index in [0.29, 0.717) is 11.4 Å². The lowest BCUT2D eigenvalue weighted by molar-refractivity contribution is 0.437. The monoisotopic (exact) mass is 255 g/mol. The summed E-state index contributed by atoms with van der Waals surface area (Å²) in [6.07, 6.45) is 0. The van der Waals surface area contributed by atoms with Crippen LogP contribution in [0.5, 0.6) is 0 Å². The summed E-state index contributed by atoms with van der Waals surface area (Å²) in [4.78, 5) is 0. The van der Waals surface area contributed by atoms with E-state index < -0.39 is 23.5 Å². The number of nitrogens with two attached hydrogens (primary N) is 1. The zero-order valence-corrected chi connectivity index (χ0v) is 9.92. The second kappa shape index (κ2) is 4.45. The second-order valence-electron chi connectivity index (χ2n) is 4.08. The lowest BCUT2D eigenvalue weighted by atomic mass is 10.0. The van der Waals surface area contributed by atoms with Crippen LogP contribution < -0.4 is 5.73 Å². The minimum Gasteiger partial charge on any atom is -0.319 e. The van der Waals surface area contributed by atoms with Gasteiger partial charge in [0.1, 0.15) is 0 Å². The first kappa shape index (κ1) is 12.6. The first-order valence-corrected chi connectivity index (χ1v) is 5.31. The largest absolute Gasteiger partial charge is 0.319 e. The molecule has 2 aromatic rings. The molecule has 6 heteroatoms. The van der Waals surface area contributed by atoms with E-state index in [1.54, 1.807) is 20.0 Å². The smallest absolute Gasteiger partial charge is 0.194 e. The number of nitrogens with zero attached hydrogens (tertiary/aromatic N) is 2. The van der Waals surface area contributed by atoms with E-state index in [1.807, 2.05) is 0 Å². The molecule has 0 saturated carbocycles. The summed E-state index contributed by atoms with van der Waals surface area (Å²) in [6.45, 7) is 1.76. The molecular weight excluding hydrogens is 243 g/mol. The van der Waals surface area contributed by atoms with Gasteiger partial charge in [-0.25, -0.2) is 13.2 Å². The van der Waals surface area contributed by atoms with Crippen molar-refractivity contribution >= 4 is 0 Å². The van der Waals surface area contributed by atoms with Crippen LogP contribution in [0.2, 0.25) is 0 Å². The van der Waals surface area contributed by atoms with Crippen LogP contribution >= 0.6 is 0 Å². The van der Waals surface area contributed by atoms with E-state index in [0.717, 1.165) is 12.1 Å². The number of hydrogen-bond donors (Lipinski definition) is 1. The normalized spacial score (nSPS) is 12.8. The molecule has 1 atom stereocenters. The van der Waals surface area contributed by atoms with Crippen LogP contribution in [0.1, 0.15) is 23.0 Å². The molecule has 0 aliphatic heterocycles. The van der Waals surface area contributed by atoms with Crippen LogP contribution in [-0.4, -0.2) is 9.78 Å². The van der Waals surface area contributed by atoms with Crippen LogP contribution in [0.3, 0.4) is 0 Å². The predicted molar refractivity (Wildman–Crippen MR) is 60.3 cm³/mol. The summed E-state index contributed by atoms with van der Waals surface area (Å²) < 4.78 is 41.1. The first-order valence-electron chi connectivity index (χ1n) is 5.31. The molecule has 0 saturated heterocycles. The van der Waals surface area contributed by atoms with Crippen molar-refractivity contribution in [2.24, 2.45) is 12.8 Å². The van der Waals surface area contributed by atoms with Crippen LogP contribution in [0.25, 0.3) is 0 Å². The average Bonchev–Trinajstić information content (AvgIpc) is 2.65. The molecule has 0 aliphatic carbocycles. The topological polar surface area (TPSA) is 43.8 Å². The minimum absolute atomic E-state index is 0.100. The van der Waals surface area contributed by atoms with Crippen molar-refractivity contribution in [1.82, 2.24) is 9.78 Å². The van der Waals surface area contributed by atoms with E-state index in [4.69, 9.17) is 5.73 Å². The van der Waals surface area contributed by atoms with Gasteiger partial charge < -0.3 is 5.73 Å². The third-order valence-corrected chi connectivity index (χ3v) is 2.76. The quantitative estimate of drug-likeness (QED) is 0.836. The molecule has 1 aromatic heterocycles. The molecule has 0 aliphatic rings. The van der Waals surface area contributed by atoms with Crippen molar-refractivity contribution in [2.45, 2.75) is 13.0 Å². The Hall–Kier alpha value is -1.82. The maximum Gasteiger partial charge on any atom is 0.194 e. The Morgan fingerprint density at radius 3 is 2.44 bits per heavy atom. The molecule has 96 valence electrons. The van der Waals surface area contributed by atoms with Gasteiger partial charge in [0.25, 0.3) is 0 Å². The molecular formula is C12H12F3N3. The average molecular weight is 255 g/mol. The highest BCUT2D eigenvalue weighted by Crippen LogP contribution is 2.25. The molecule has 0 spiro atoms. The van der Waals surface area contributed by atoms with Crippen molar-refractivity contribution < 1.29 is 13.2 Å². The first-order chi connectivity index (χ1) is 8.41. The number of hydrogen-bond acceptors (Lipinski definition) is 2. The van der Waals surface area contributed by atoms with Crippen molar-refractivity contribution in [1.29, 1.82) is 0 Å². The highest BCUT2D eigenvalue weighted by atomic mass is 19.2. The summed E-state index contributed by atoms with van der Waals surface area (Å²) in [5.41, 5.74) is 7.00. The number of aromatic nitrogens is 2. The molecule has 1 heterocycles. The zero-order valence-electron chi connectivity index (χ0n) is 9.92. The van der Waals surface area contributed by atoms with Gasteiger partial charge in [-0.15, -0.1) is 0 Å². The second-order valence-corrected chi connectivity index (χ2v) is 4.08. The molecule has 0 bridgehead atoms. The Morgan fingerprint density at radius 1 is 1.22 bits per heavy atom. The van der Waals surface area contributed by atoms with Crippen LogP contribution in [0.4, 0.5) is 13.2 Å². The molecule has 3 nitrogen and oxygen atoms in total. The van der Waals surface area contributed by atoms with E-state index in [9.17, 15) is 13.2 Å². The standard InChI is InChI=1S/C12H12F3N3/c1-6-5-9(18(2)17-6)12(16)7-3-4-8(13)11(15)10(7)14/h3-5,12H,16H2,1-2H3. The van der Waals surface area contributed by atoms with Crippen molar-refractivity contribution in [2.75, 3.05) is 0 Å². The van der Waals surface area contributed by atoms with Gasteiger partial charge in [0, 0.05) is 12.6 Å². The summed E-state index contributed by atoms with van der Waals surface area (Å²) >= 11 is 0. The fourth-order valence-electron chi connectivity index (χ4n) is 1.86. The molecule has 0 amide bonds. The molecule has 0 radical (unpaired) electrons. The van der Waals surface area contributed by atoms with Gasteiger partial charge in [0.2, 0.25) is 0 Å². The lowest BCUT2D eigenvalue weighted by Gasteiger charge is -2.13. The zero-order chi connectivity index (χ0) is 13.4. The van der Waals surface area contributed by atoms with E-state index in [1.165, 1.54) is 4.68 Å². The molecule has 2 rings (SSSR count). The summed E-state index contributed by atoms with van der Waals surface area (Å²) in [7, 11) is 1.65. The Bertz CT molecular complexity index is 592. The Labute approximate surface area is 102 Å². The molecule has 1 unspecified atom stereocenters. The maximum absolute atomic E-state index is 13.6. The third-order valence-electron chi connectivity index (χ3n) is 2.76. The van der Waals surface area contributed by atoms with Gasteiger partial charge >= 0.3 is 0 Å². The van der Waals surface area contributed by atoms with Gasteiger partial charge in [-0.2, -0.15) is 5.10 Å². The minimum atomic E-state index is -1.51. The number of halogens is 3. The molecule has 18 heavy (non-hydrogen) atoms. The van der Waals surface area contributed by atoms with Crippen LogP contribution in [0.15, 0.2) is 18.2 Å². The highest BCUT2D eigenvalue weighted by Gasteiger charge is 2.21. The Balaban J connectivity index is 2.49. The highest BCUT2D eigenvalue weighted by molar-refractivity contribution is 5.30. The number of benzene rings is 1. The molecule has 0 fully saturated rings. The van der Waals surface area contributed by atoms with Crippen LogP contribution in [-0.2, 0) is 7.05 Å². The van der Waals surface area contributed by atoms with Gasteiger partial charge in [0.05, 0.1) is 17.4 Å². The summed E-state index contributed by atoms with van der Waals surface area (Å²) in [6, 6.07) is 2.77. The lowest BCUT2D eigenvalue weighted by Crippen LogP contribution is -2.18. The fraction of sp³-hybridized carbons (Fsp3) is 0.250. The van der Waals surface area contributed by atoms with E-state index in [-0.39, 0.29) is 5.56 Å². The van der Waals surface area contributed by atoms with E-state index in [2.05, 4.69) is 5.10 Å². The SMILES string of the molecule is Cc1cc(C(N)c2ccc(F)c(F)c2F)n(C)n1. The van der Waals surface area contributed by atoms with Gasteiger partial charge in [-0.3, -0.25) is 4.68 Å². The van der Waals surface area contributed by atoms with Gasteiger partial charge in [-0.05, 0) is 19.1 Å². The van der Waals surface area contributed by atoms with Gasteiger partial charge in [-0.1, -0.05) is 6.07 Å². The molecule has 1 aromatic carbocycles. The van der Waals surface area contributed by atoms with Crippen molar-refractivity contribution in [3.63, 3.8) is 0 Å². The fourth-order valence-corrected chi connectivity index (χ4v) is 1.86. The summed E-state index contributed by atoms with van der Waals surface area (Å²) in [5, 5.41) is 4.07. The van der Waals surface area contributed by atoms with Gasteiger partial charge in [0.15, 0.2) is 17.5 Å². The Morgan fingerprint density at radius 2 is 1.89 bits per heavy atom. The Kier molecular flexibility index (Phi) is 3.13. The maximum atomic E-state index is 13.6. The van der Waals surface area contributed by atoms with E-state index >= 15 is 0 Å². The van der Waals surface area contributed by atoms with Crippen molar-refractivity contribution in [3.05, 3.63) is 52.6 Å². The van der Waals surface area contributed by atoms with Crippen molar-refractivity contribution in [3.8, 4) is 0 Å². The number of aryl methyl sites for hydroxylation is 2. The predicted octanol–water partition coefficient (Wildman–Crippen LogP) is 2.19. The number of rotatable bonds is 2. The summed E-state index contributed by atoms with van der Waals surface area (Å²) in [5.74, 6) is -4.01. The molecule has 2 N–H and O–H groups in total.